The number of unbranched alkanes of at least 4 members (excludes halogenated alkanes) is 2. The molecule has 0 saturated heterocycles. The maximum Gasteiger partial charge on any atom is 0.0843 e. The van der Waals surface area contributed by atoms with Crippen LogP contribution in [0.4, 0.5) is 0 Å². The monoisotopic (exact) mass is 323 g/mol. The lowest BCUT2D eigenvalue weighted by Gasteiger charge is -2.15. The molecular weight excluding hydrogens is 302 g/mol. The van der Waals surface area contributed by atoms with E-state index in [9.17, 15) is 0 Å². The van der Waals surface area contributed by atoms with Gasteiger partial charge in [-0.1, -0.05) is 40.5 Å². The van der Waals surface area contributed by atoms with Crippen molar-refractivity contribution in [2.45, 2.75) is 25.8 Å². The molecule has 2 aromatic rings. The first kappa shape index (κ1) is 14.5. The number of halogens is 1. The van der Waals surface area contributed by atoms with Gasteiger partial charge in [-0.15, -0.1) is 0 Å². The molecule has 0 aliphatic heterocycles. The Morgan fingerprint density at radius 2 is 2.00 bits per heavy atom. The number of nitrogens with zero attached hydrogens (tertiary/aromatic N) is 3. The Balaban J connectivity index is 1.97. The number of rotatable bonds is 7. The Kier molecular flexibility index (Phi) is 5.40. The zero-order valence-electron chi connectivity index (χ0n) is 11.8. The Hall–Kier alpha value is -0.870. The van der Waals surface area contributed by atoms with Gasteiger partial charge in [0.2, 0.25) is 0 Å². The maximum absolute atomic E-state index is 4.64. The highest BCUT2D eigenvalue weighted by Crippen LogP contribution is 2.18. The minimum atomic E-state index is 0.926. The fourth-order valence-electron chi connectivity index (χ4n) is 2.39. The second-order valence-electron chi connectivity index (χ2n) is 5.07. The molecule has 0 saturated carbocycles. The van der Waals surface area contributed by atoms with Crippen molar-refractivity contribution in [1.82, 2.24) is 14.7 Å². The van der Waals surface area contributed by atoms with Crippen LogP contribution in [0.2, 0.25) is 0 Å². The second-order valence-corrected chi connectivity index (χ2v) is 5.87. The average Bonchev–Trinajstić information content (AvgIpc) is 2.72. The third kappa shape index (κ3) is 3.80. The molecule has 0 N–H and O–H groups in total. The van der Waals surface area contributed by atoms with Gasteiger partial charge in [-0.25, -0.2) is 0 Å². The summed E-state index contributed by atoms with van der Waals surface area (Å²) in [5.41, 5.74) is 2.39. The van der Waals surface area contributed by atoms with E-state index in [4.69, 9.17) is 0 Å². The van der Waals surface area contributed by atoms with Crippen molar-refractivity contribution in [3.05, 3.63) is 30.0 Å². The molecule has 0 fully saturated rings. The van der Waals surface area contributed by atoms with E-state index in [1.54, 1.807) is 0 Å². The van der Waals surface area contributed by atoms with Crippen LogP contribution in [0, 0.1) is 0 Å². The lowest BCUT2D eigenvalue weighted by atomic mass is 10.2. The number of alkyl halides is 1. The van der Waals surface area contributed by atoms with Crippen LogP contribution < -0.4 is 0 Å². The predicted octanol–water partition coefficient (Wildman–Crippen LogP) is 3.57. The van der Waals surface area contributed by atoms with Crippen LogP contribution in [0.3, 0.4) is 0 Å². The number of benzene rings is 1. The fourth-order valence-corrected chi connectivity index (χ4v) is 2.79. The van der Waals surface area contributed by atoms with Gasteiger partial charge >= 0.3 is 0 Å². The largest absolute Gasteiger partial charge is 0.300 e. The predicted molar refractivity (Wildman–Crippen MR) is 84.7 cm³/mol. The van der Waals surface area contributed by atoms with Crippen molar-refractivity contribution < 1.29 is 0 Å². The molecule has 0 atom stereocenters. The summed E-state index contributed by atoms with van der Waals surface area (Å²) in [6.07, 6.45) is 3.81. The van der Waals surface area contributed by atoms with Crippen LogP contribution in [0.25, 0.3) is 10.9 Å². The van der Waals surface area contributed by atoms with E-state index in [1.807, 2.05) is 11.7 Å². The summed E-state index contributed by atoms with van der Waals surface area (Å²) in [7, 11) is 4.19. The SMILES string of the molecule is CN(CCCCCBr)Cc1nn(C)c2ccccc12. The highest BCUT2D eigenvalue weighted by Gasteiger charge is 2.09. The maximum atomic E-state index is 4.64. The number of fused-ring (bicyclic) bond motifs is 1. The molecule has 1 aromatic carbocycles. The molecule has 4 heteroatoms. The van der Waals surface area contributed by atoms with Crippen molar-refractivity contribution in [2.75, 3.05) is 18.9 Å². The highest BCUT2D eigenvalue weighted by molar-refractivity contribution is 9.09. The molecule has 19 heavy (non-hydrogen) atoms. The lowest BCUT2D eigenvalue weighted by Crippen LogP contribution is -2.19. The van der Waals surface area contributed by atoms with E-state index in [1.165, 1.54) is 35.9 Å². The Labute approximate surface area is 123 Å². The number of aryl methyl sites for hydroxylation is 1. The second kappa shape index (κ2) is 7.06. The van der Waals surface area contributed by atoms with E-state index in [-0.39, 0.29) is 0 Å². The zero-order valence-corrected chi connectivity index (χ0v) is 13.4. The summed E-state index contributed by atoms with van der Waals surface area (Å²) >= 11 is 3.47. The molecule has 0 bridgehead atoms. The average molecular weight is 324 g/mol. The van der Waals surface area contributed by atoms with E-state index >= 15 is 0 Å². The molecule has 104 valence electrons. The van der Waals surface area contributed by atoms with Gasteiger partial charge in [-0.3, -0.25) is 4.68 Å². The molecule has 0 spiro atoms. The summed E-state index contributed by atoms with van der Waals surface area (Å²) in [6.45, 7) is 2.06. The van der Waals surface area contributed by atoms with Crippen LogP contribution in [-0.4, -0.2) is 33.6 Å². The van der Waals surface area contributed by atoms with Crippen LogP contribution >= 0.6 is 15.9 Å². The molecular formula is C15H22BrN3. The van der Waals surface area contributed by atoms with Gasteiger partial charge in [0.05, 0.1) is 11.2 Å². The van der Waals surface area contributed by atoms with Crippen LogP contribution in [0.5, 0.6) is 0 Å². The van der Waals surface area contributed by atoms with Gasteiger partial charge in [-0.2, -0.15) is 5.10 Å². The van der Waals surface area contributed by atoms with E-state index < -0.39 is 0 Å². The van der Waals surface area contributed by atoms with E-state index in [2.05, 4.69) is 57.2 Å². The molecule has 0 aliphatic carbocycles. The standard InChI is InChI=1S/C15H22BrN3/c1-18(11-7-3-6-10-16)12-14-13-8-4-5-9-15(13)19(2)17-14/h4-5,8-9H,3,6-7,10-12H2,1-2H3. The third-order valence-corrected chi connectivity index (χ3v) is 3.99. The lowest BCUT2D eigenvalue weighted by molar-refractivity contribution is 0.314. The molecule has 3 nitrogen and oxygen atoms in total. The van der Waals surface area contributed by atoms with Gasteiger partial charge in [0, 0.05) is 24.3 Å². The first-order valence-corrected chi connectivity index (χ1v) is 7.99. The molecule has 0 amide bonds. The summed E-state index contributed by atoms with van der Waals surface area (Å²) in [4.78, 5) is 2.36. The molecule has 1 heterocycles. The van der Waals surface area contributed by atoms with Gasteiger partial charge in [0.25, 0.3) is 0 Å². The number of para-hydroxylation sites is 1. The first-order valence-electron chi connectivity index (χ1n) is 6.87. The summed E-state index contributed by atoms with van der Waals surface area (Å²) < 4.78 is 1.98. The van der Waals surface area contributed by atoms with Crippen molar-refractivity contribution in [1.29, 1.82) is 0 Å². The summed E-state index contributed by atoms with van der Waals surface area (Å²) in [5, 5.41) is 7.03. The van der Waals surface area contributed by atoms with Crippen molar-refractivity contribution in [2.24, 2.45) is 7.05 Å². The fraction of sp³-hybridized carbons (Fsp3) is 0.533. The minimum absolute atomic E-state index is 0.926. The quantitative estimate of drug-likeness (QED) is 0.573. The van der Waals surface area contributed by atoms with Gasteiger partial charge in [0.1, 0.15) is 0 Å². The Morgan fingerprint density at radius 3 is 2.79 bits per heavy atom. The van der Waals surface area contributed by atoms with Crippen molar-refractivity contribution in [3.8, 4) is 0 Å². The van der Waals surface area contributed by atoms with Crippen molar-refractivity contribution in [3.63, 3.8) is 0 Å². The summed E-state index contributed by atoms with van der Waals surface area (Å²) in [5.74, 6) is 0. The first-order chi connectivity index (χ1) is 9.22. The normalized spacial score (nSPS) is 11.6. The number of hydrogen-bond donors (Lipinski definition) is 0. The van der Waals surface area contributed by atoms with Gasteiger partial charge in [-0.05, 0) is 32.5 Å². The Bertz CT molecular complexity index is 521. The molecule has 0 radical (unpaired) electrons. The zero-order chi connectivity index (χ0) is 13.7. The third-order valence-electron chi connectivity index (χ3n) is 3.43. The Morgan fingerprint density at radius 1 is 1.21 bits per heavy atom. The molecule has 2 rings (SSSR count). The van der Waals surface area contributed by atoms with E-state index in [0.717, 1.165) is 18.4 Å². The number of hydrogen-bond acceptors (Lipinski definition) is 2. The van der Waals surface area contributed by atoms with Crippen LogP contribution in [0.15, 0.2) is 24.3 Å². The van der Waals surface area contributed by atoms with Gasteiger partial charge < -0.3 is 4.90 Å². The minimum Gasteiger partial charge on any atom is -0.300 e. The summed E-state index contributed by atoms with van der Waals surface area (Å²) in [6, 6.07) is 8.44. The van der Waals surface area contributed by atoms with Gasteiger partial charge in [0.15, 0.2) is 0 Å². The highest BCUT2D eigenvalue weighted by atomic mass is 79.9. The van der Waals surface area contributed by atoms with Crippen LogP contribution in [0.1, 0.15) is 25.0 Å². The van der Waals surface area contributed by atoms with E-state index in [0.29, 0.717) is 0 Å². The molecule has 0 aliphatic rings. The topological polar surface area (TPSA) is 21.1 Å². The molecule has 1 aromatic heterocycles. The van der Waals surface area contributed by atoms with Crippen LogP contribution in [-0.2, 0) is 13.6 Å². The molecule has 0 unspecified atom stereocenters. The number of aromatic nitrogens is 2. The smallest absolute Gasteiger partial charge is 0.0843 e. The van der Waals surface area contributed by atoms with Crippen molar-refractivity contribution >= 4 is 26.8 Å².